The summed E-state index contributed by atoms with van der Waals surface area (Å²) >= 11 is 0. The van der Waals surface area contributed by atoms with Gasteiger partial charge in [0.05, 0.1) is 12.8 Å². The standard InChI is InChI=1S/C17H23N3O/c1-6-9-18-16-10-15(19-13(4)20-16)14-8-7-11(2)12(3)17(14)21-5/h7-8,10H,6,9H2,1-5H3,(H,18,19,20). The minimum atomic E-state index is 0.756. The monoisotopic (exact) mass is 285 g/mol. The second-order valence-corrected chi connectivity index (χ2v) is 5.20. The van der Waals surface area contributed by atoms with Crippen LogP contribution in [0.15, 0.2) is 18.2 Å². The van der Waals surface area contributed by atoms with Gasteiger partial charge in [0.2, 0.25) is 0 Å². The van der Waals surface area contributed by atoms with Gasteiger partial charge in [0.15, 0.2) is 0 Å². The first-order valence-corrected chi connectivity index (χ1v) is 7.31. The Labute approximate surface area is 126 Å². The SMILES string of the molecule is CCCNc1cc(-c2ccc(C)c(C)c2OC)nc(C)n1. The number of rotatable bonds is 5. The van der Waals surface area contributed by atoms with E-state index in [1.807, 2.05) is 13.0 Å². The molecule has 0 amide bonds. The maximum absolute atomic E-state index is 5.59. The van der Waals surface area contributed by atoms with E-state index in [2.05, 4.69) is 48.2 Å². The predicted molar refractivity (Wildman–Crippen MR) is 87.0 cm³/mol. The average Bonchev–Trinajstić information content (AvgIpc) is 2.47. The molecule has 0 saturated carbocycles. The van der Waals surface area contributed by atoms with E-state index in [-0.39, 0.29) is 0 Å². The van der Waals surface area contributed by atoms with Gasteiger partial charge in [-0.25, -0.2) is 9.97 Å². The Kier molecular flexibility index (Phi) is 4.78. The van der Waals surface area contributed by atoms with Crippen molar-refractivity contribution >= 4 is 5.82 Å². The molecule has 0 fully saturated rings. The van der Waals surface area contributed by atoms with Crippen molar-refractivity contribution < 1.29 is 4.74 Å². The van der Waals surface area contributed by atoms with Crippen LogP contribution in [0.25, 0.3) is 11.3 Å². The molecule has 4 nitrogen and oxygen atoms in total. The van der Waals surface area contributed by atoms with Crippen molar-refractivity contribution in [1.82, 2.24) is 9.97 Å². The summed E-state index contributed by atoms with van der Waals surface area (Å²) < 4.78 is 5.59. The minimum Gasteiger partial charge on any atom is -0.496 e. The largest absolute Gasteiger partial charge is 0.496 e. The molecule has 0 aliphatic carbocycles. The van der Waals surface area contributed by atoms with Crippen LogP contribution in [-0.4, -0.2) is 23.6 Å². The molecule has 0 saturated heterocycles. The normalized spacial score (nSPS) is 10.5. The van der Waals surface area contributed by atoms with E-state index < -0.39 is 0 Å². The average molecular weight is 285 g/mol. The number of anilines is 1. The van der Waals surface area contributed by atoms with Gasteiger partial charge in [-0.3, -0.25) is 0 Å². The van der Waals surface area contributed by atoms with Gasteiger partial charge in [-0.05, 0) is 44.4 Å². The van der Waals surface area contributed by atoms with E-state index in [1.54, 1.807) is 7.11 Å². The summed E-state index contributed by atoms with van der Waals surface area (Å²) in [5.41, 5.74) is 4.26. The maximum Gasteiger partial charge on any atom is 0.131 e. The topological polar surface area (TPSA) is 47.0 Å². The zero-order chi connectivity index (χ0) is 15.4. The van der Waals surface area contributed by atoms with Crippen molar-refractivity contribution in [2.24, 2.45) is 0 Å². The zero-order valence-corrected chi connectivity index (χ0v) is 13.4. The van der Waals surface area contributed by atoms with Gasteiger partial charge in [0.25, 0.3) is 0 Å². The summed E-state index contributed by atoms with van der Waals surface area (Å²) in [4.78, 5) is 8.99. The van der Waals surface area contributed by atoms with Crippen LogP contribution in [0.2, 0.25) is 0 Å². The molecule has 1 aromatic carbocycles. The van der Waals surface area contributed by atoms with Crippen molar-refractivity contribution in [2.75, 3.05) is 19.0 Å². The number of benzene rings is 1. The second kappa shape index (κ2) is 6.57. The Bertz CT molecular complexity index is 638. The van der Waals surface area contributed by atoms with E-state index in [9.17, 15) is 0 Å². The Morgan fingerprint density at radius 1 is 1.14 bits per heavy atom. The van der Waals surface area contributed by atoms with E-state index in [0.29, 0.717) is 0 Å². The lowest BCUT2D eigenvalue weighted by Crippen LogP contribution is -2.05. The van der Waals surface area contributed by atoms with Gasteiger partial charge in [-0.15, -0.1) is 0 Å². The predicted octanol–water partition coefficient (Wildman–Crippen LogP) is 3.90. The van der Waals surface area contributed by atoms with Crippen LogP contribution < -0.4 is 10.1 Å². The van der Waals surface area contributed by atoms with Gasteiger partial charge < -0.3 is 10.1 Å². The Morgan fingerprint density at radius 3 is 2.57 bits per heavy atom. The summed E-state index contributed by atoms with van der Waals surface area (Å²) in [6, 6.07) is 6.14. The first-order valence-electron chi connectivity index (χ1n) is 7.31. The van der Waals surface area contributed by atoms with Crippen molar-refractivity contribution in [3.8, 4) is 17.0 Å². The number of hydrogen-bond donors (Lipinski definition) is 1. The highest BCUT2D eigenvalue weighted by molar-refractivity contribution is 5.72. The molecule has 21 heavy (non-hydrogen) atoms. The molecule has 0 unspecified atom stereocenters. The summed E-state index contributed by atoms with van der Waals surface area (Å²) in [6.45, 7) is 9.10. The van der Waals surface area contributed by atoms with Crippen LogP contribution in [-0.2, 0) is 0 Å². The fourth-order valence-corrected chi connectivity index (χ4v) is 2.30. The van der Waals surface area contributed by atoms with Crippen LogP contribution in [0.3, 0.4) is 0 Å². The summed E-state index contributed by atoms with van der Waals surface area (Å²) in [6.07, 6.45) is 1.06. The first kappa shape index (κ1) is 15.3. The molecular formula is C17H23N3O. The highest BCUT2D eigenvalue weighted by Gasteiger charge is 2.13. The fourth-order valence-electron chi connectivity index (χ4n) is 2.30. The minimum absolute atomic E-state index is 0.756. The molecule has 0 aliphatic heterocycles. The second-order valence-electron chi connectivity index (χ2n) is 5.20. The van der Waals surface area contributed by atoms with E-state index in [4.69, 9.17) is 4.74 Å². The molecular weight excluding hydrogens is 262 g/mol. The summed E-state index contributed by atoms with van der Waals surface area (Å²) in [5.74, 6) is 2.50. The third kappa shape index (κ3) is 3.32. The molecule has 2 aromatic rings. The molecule has 0 bridgehead atoms. The van der Waals surface area contributed by atoms with Gasteiger partial charge in [0.1, 0.15) is 17.4 Å². The van der Waals surface area contributed by atoms with E-state index in [1.165, 1.54) is 5.56 Å². The third-order valence-electron chi connectivity index (χ3n) is 3.55. The lowest BCUT2D eigenvalue weighted by molar-refractivity contribution is 0.413. The number of methoxy groups -OCH3 is 1. The molecule has 4 heteroatoms. The maximum atomic E-state index is 5.59. The Balaban J connectivity index is 2.51. The molecule has 1 heterocycles. The van der Waals surface area contributed by atoms with Crippen LogP contribution in [0.5, 0.6) is 5.75 Å². The van der Waals surface area contributed by atoms with Crippen molar-refractivity contribution in [1.29, 1.82) is 0 Å². The van der Waals surface area contributed by atoms with Crippen LogP contribution in [0, 0.1) is 20.8 Å². The van der Waals surface area contributed by atoms with Crippen LogP contribution >= 0.6 is 0 Å². The summed E-state index contributed by atoms with van der Waals surface area (Å²) in [7, 11) is 1.70. The lowest BCUT2D eigenvalue weighted by Gasteiger charge is -2.14. The van der Waals surface area contributed by atoms with Crippen LogP contribution in [0.1, 0.15) is 30.3 Å². The molecule has 112 valence electrons. The number of nitrogens with zero attached hydrogens (tertiary/aromatic N) is 2. The number of nitrogens with one attached hydrogen (secondary N) is 1. The van der Waals surface area contributed by atoms with Gasteiger partial charge >= 0.3 is 0 Å². The van der Waals surface area contributed by atoms with Crippen LogP contribution in [0.4, 0.5) is 5.82 Å². The number of ether oxygens (including phenoxy) is 1. The summed E-state index contributed by atoms with van der Waals surface area (Å²) in [5, 5.41) is 3.32. The van der Waals surface area contributed by atoms with Crippen molar-refractivity contribution in [3.63, 3.8) is 0 Å². The molecule has 1 N–H and O–H groups in total. The van der Waals surface area contributed by atoms with E-state index in [0.717, 1.165) is 47.2 Å². The molecule has 0 spiro atoms. The quantitative estimate of drug-likeness (QED) is 0.905. The molecule has 2 rings (SSSR count). The van der Waals surface area contributed by atoms with Gasteiger partial charge in [0, 0.05) is 18.2 Å². The van der Waals surface area contributed by atoms with Gasteiger partial charge in [-0.1, -0.05) is 13.0 Å². The smallest absolute Gasteiger partial charge is 0.131 e. The Hall–Kier alpha value is -2.10. The van der Waals surface area contributed by atoms with Crippen molar-refractivity contribution in [2.45, 2.75) is 34.1 Å². The van der Waals surface area contributed by atoms with Gasteiger partial charge in [-0.2, -0.15) is 0 Å². The zero-order valence-electron chi connectivity index (χ0n) is 13.4. The van der Waals surface area contributed by atoms with Crippen molar-refractivity contribution in [3.05, 3.63) is 35.2 Å². The molecule has 0 atom stereocenters. The first-order chi connectivity index (χ1) is 10.1. The highest BCUT2D eigenvalue weighted by Crippen LogP contribution is 2.34. The lowest BCUT2D eigenvalue weighted by atomic mass is 10.0. The molecule has 0 radical (unpaired) electrons. The number of hydrogen-bond acceptors (Lipinski definition) is 4. The fraction of sp³-hybridized carbons (Fsp3) is 0.412. The molecule has 1 aromatic heterocycles. The third-order valence-corrected chi connectivity index (χ3v) is 3.55. The number of aryl methyl sites for hydroxylation is 2. The number of aromatic nitrogens is 2. The Morgan fingerprint density at radius 2 is 1.90 bits per heavy atom. The molecule has 0 aliphatic rings. The highest BCUT2D eigenvalue weighted by atomic mass is 16.5. The van der Waals surface area contributed by atoms with E-state index >= 15 is 0 Å².